The molecule has 27 heavy (non-hydrogen) atoms. The molecule has 0 aromatic heterocycles. The van der Waals surface area contributed by atoms with Gasteiger partial charge in [-0.3, -0.25) is 9.79 Å². The van der Waals surface area contributed by atoms with E-state index >= 15 is 0 Å². The number of carbonyl (C=O) groups is 2. The van der Waals surface area contributed by atoms with Crippen molar-refractivity contribution in [3.63, 3.8) is 0 Å². The number of dihydropyridines is 1. The predicted molar refractivity (Wildman–Crippen MR) is 98.6 cm³/mol. The van der Waals surface area contributed by atoms with Gasteiger partial charge in [0.25, 0.3) is 0 Å². The zero-order chi connectivity index (χ0) is 18.7. The van der Waals surface area contributed by atoms with Crippen LogP contribution in [0.4, 0.5) is 0 Å². The lowest BCUT2D eigenvalue weighted by Gasteiger charge is -2.35. The molecule has 4 aliphatic heterocycles. The fourth-order valence-corrected chi connectivity index (χ4v) is 4.95. The molecule has 0 aromatic carbocycles. The molecule has 0 bridgehead atoms. The third kappa shape index (κ3) is 2.39. The fraction of sp³-hybridized carbons (Fsp3) is 0.476. The van der Waals surface area contributed by atoms with Gasteiger partial charge in [-0.05, 0) is 17.9 Å². The number of carbonyl (C=O) groups excluding carboxylic acids is 2. The van der Waals surface area contributed by atoms with Gasteiger partial charge < -0.3 is 14.7 Å². The summed E-state index contributed by atoms with van der Waals surface area (Å²) in [6.07, 6.45) is 11.9. The molecule has 4 unspecified atom stereocenters. The van der Waals surface area contributed by atoms with E-state index in [1.54, 1.807) is 4.90 Å². The summed E-state index contributed by atoms with van der Waals surface area (Å²) < 4.78 is 5.20. The van der Waals surface area contributed by atoms with Crippen molar-refractivity contribution in [2.75, 3.05) is 13.2 Å². The molecule has 0 saturated carbocycles. The van der Waals surface area contributed by atoms with E-state index in [2.05, 4.69) is 18.2 Å². The van der Waals surface area contributed by atoms with Crippen molar-refractivity contribution in [2.24, 2.45) is 28.7 Å². The lowest BCUT2D eigenvalue weighted by atomic mass is 9.75. The van der Waals surface area contributed by atoms with E-state index in [1.807, 2.05) is 25.2 Å². The first-order valence-corrected chi connectivity index (χ1v) is 9.60. The molecule has 1 N–H and O–H groups in total. The van der Waals surface area contributed by atoms with Crippen LogP contribution in [0.25, 0.3) is 0 Å². The smallest absolute Gasteiger partial charge is 0.335 e. The molecule has 5 aliphatic rings. The fourth-order valence-electron chi connectivity index (χ4n) is 4.95. The van der Waals surface area contributed by atoms with Crippen molar-refractivity contribution in [3.8, 4) is 0 Å². The molecule has 1 aliphatic carbocycles. The molecule has 6 nitrogen and oxygen atoms in total. The van der Waals surface area contributed by atoms with Gasteiger partial charge in [0.2, 0.25) is 5.91 Å². The van der Waals surface area contributed by atoms with Crippen LogP contribution in [-0.2, 0) is 14.3 Å². The van der Waals surface area contributed by atoms with E-state index in [4.69, 9.17) is 9.73 Å². The van der Waals surface area contributed by atoms with Crippen LogP contribution in [-0.4, -0.2) is 52.9 Å². The molecule has 6 atom stereocenters. The molecule has 0 radical (unpaired) electrons. The van der Waals surface area contributed by atoms with Crippen LogP contribution in [0.1, 0.15) is 13.3 Å². The number of allylic oxidation sites excluding steroid dienone is 4. The Balaban J connectivity index is 1.58. The number of hydrogen-bond acceptors (Lipinski definition) is 5. The monoisotopic (exact) mass is 366 g/mol. The van der Waals surface area contributed by atoms with Crippen molar-refractivity contribution in [1.29, 1.82) is 0 Å². The molecule has 0 spiro atoms. The van der Waals surface area contributed by atoms with Crippen LogP contribution in [0.5, 0.6) is 0 Å². The number of nitrogens with zero attached hydrogens (tertiary/aromatic N) is 2. The topological polar surface area (TPSA) is 79.2 Å². The molecule has 2 saturated heterocycles. The van der Waals surface area contributed by atoms with E-state index in [1.165, 1.54) is 0 Å². The summed E-state index contributed by atoms with van der Waals surface area (Å²) >= 11 is 0. The summed E-state index contributed by atoms with van der Waals surface area (Å²) in [6.45, 7) is 2.47. The molecule has 4 heterocycles. The maximum absolute atomic E-state index is 13.2. The summed E-state index contributed by atoms with van der Waals surface area (Å²) in [7, 11) is 0. The Morgan fingerprint density at radius 2 is 2.07 bits per heavy atom. The average Bonchev–Trinajstić information content (AvgIpc) is 2.97. The Bertz CT molecular complexity index is 865. The molecule has 2 fully saturated rings. The number of ether oxygens (including phenoxy) is 1. The number of rotatable bonds is 1. The number of aliphatic imine (C=N–C) groups is 1. The SMILES string of the molecule is CC[C@@H]1C2C=C3C4=NC5C=CC=CC5C=C4CN3C(=O)C2COC(=O)[C@H]1O. The van der Waals surface area contributed by atoms with Gasteiger partial charge in [0.1, 0.15) is 6.61 Å². The number of aliphatic hydroxyl groups is 1. The Morgan fingerprint density at radius 1 is 1.26 bits per heavy atom. The molecule has 0 aromatic rings. The average molecular weight is 366 g/mol. The number of fused-ring (bicyclic) bond motifs is 5. The second kappa shape index (κ2) is 6.02. The Labute approximate surface area is 157 Å². The highest BCUT2D eigenvalue weighted by molar-refractivity contribution is 6.18. The van der Waals surface area contributed by atoms with Gasteiger partial charge in [-0.1, -0.05) is 43.4 Å². The lowest BCUT2D eigenvalue weighted by molar-refractivity contribution is -0.155. The van der Waals surface area contributed by atoms with E-state index in [0.717, 1.165) is 17.0 Å². The first kappa shape index (κ1) is 16.7. The van der Waals surface area contributed by atoms with E-state index in [-0.39, 0.29) is 36.3 Å². The second-order valence-corrected chi connectivity index (χ2v) is 7.81. The van der Waals surface area contributed by atoms with Crippen LogP contribution in [0.15, 0.2) is 52.7 Å². The van der Waals surface area contributed by atoms with Gasteiger partial charge in [-0.2, -0.15) is 0 Å². The summed E-state index contributed by atoms with van der Waals surface area (Å²) in [5.74, 6) is -1.42. The molecular formula is C21H22N2O4. The summed E-state index contributed by atoms with van der Waals surface area (Å²) in [5.41, 5.74) is 2.79. The highest BCUT2D eigenvalue weighted by atomic mass is 16.5. The van der Waals surface area contributed by atoms with Crippen molar-refractivity contribution in [1.82, 2.24) is 4.90 Å². The summed E-state index contributed by atoms with van der Waals surface area (Å²) in [6, 6.07) is 0.0639. The molecule has 6 heteroatoms. The van der Waals surface area contributed by atoms with Crippen molar-refractivity contribution >= 4 is 17.6 Å². The molecule has 1 amide bonds. The number of cyclic esters (lactones) is 1. The van der Waals surface area contributed by atoms with Gasteiger partial charge >= 0.3 is 5.97 Å². The highest BCUT2D eigenvalue weighted by Gasteiger charge is 2.50. The second-order valence-electron chi connectivity index (χ2n) is 7.81. The largest absolute Gasteiger partial charge is 0.463 e. The van der Waals surface area contributed by atoms with Gasteiger partial charge in [-0.25, -0.2) is 4.79 Å². The molecular weight excluding hydrogens is 344 g/mol. The maximum atomic E-state index is 13.2. The number of esters is 1. The maximum Gasteiger partial charge on any atom is 0.335 e. The van der Waals surface area contributed by atoms with Gasteiger partial charge in [0.05, 0.1) is 29.9 Å². The molecule has 5 rings (SSSR count). The zero-order valence-corrected chi connectivity index (χ0v) is 15.1. The van der Waals surface area contributed by atoms with Gasteiger partial charge in [0.15, 0.2) is 6.10 Å². The van der Waals surface area contributed by atoms with Crippen LogP contribution < -0.4 is 0 Å². The lowest BCUT2D eigenvalue weighted by Crippen LogP contribution is -2.45. The highest BCUT2D eigenvalue weighted by Crippen LogP contribution is 2.42. The Hall–Kier alpha value is -2.47. The van der Waals surface area contributed by atoms with E-state index < -0.39 is 18.0 Å². The van der Waals surface area contributed by atoms with E-state index in [9.17, 15) is 14.7 Å². The standard InChI is InChI=1S/C21H22N2O4/c1-2-13-14-8-17-18-12(7-11-5-3-4-6-16(11)22-18)9-23(17)20(25)15(14)10-27-21(26)19(13)24/h3-8,11,13-16,19,24H,2,9-10H2,1H3/t11?,13-,14?,15?,16?,19+/m1/s1. The number of amides is 1. The van der Waals surface area contributed by atoms with Crippen LogP contribution >= 0.6 is 0 Å². The van der Waals surface area contributed by atoms with Crippen LogP contribution in [0.3, 0.4) is 0 Å². The first-order chi connectivity index (χ1) is 13.1. The minimum atomic E-state index is -1.19. The Morgan fingerprint density at radius 3 is 2.89 bits per heavy atom. The third-order valence-electron chi connectivity index (χ3n) is 6.40. The normalized spacial score (nSPS) is 39.3. The van der Waals surface area contributed by atoms with Crippen LogP contribution in [0.2, 0.25) is 0 Å². The Kier molecular flexibility index (Phi) is 3.72. The quantitative estimate of drug-likeness (QED) is 0.712. The summed E-state index contributed by atoms with van der Waals surface area (Å²) in [5, 5.41) is 10.4. The molecule has 140 valence electrons. The van der Waals surface area contributed by atoms with Crippen molar-refractivity contribution in [2.45, 2.75) is 25.5 Å². The van der Waals surface area contributed by atoms with Crippen LogP contribution in [0, 0.1) is 23.7 Å². The zero-order valence-electron chi connectivity index (χ0n) is 15.1. The first-order valence-electron chi connectivity index (χ1n) is 9.60. The van der Waals surface area contributed by atoms with E-state index in [0.29, 0.717) is 13.0 Å². The van der Waals surface area contributed by atoms with Crippen molar-refractivity contribution < 1.29 is 19.4 Å². The summed E-state index contributed by atoms with van der Waals surface area (Å²) in [4.78, 5) is 31.9. The third-order valence-corrected chi connectivity index (χ3v) is 6.40. The van der Waals surface area contributed by atoms with Crippen molar-refractivity contribution in [3.05, 3.63) is 47.7 Å². The minimum Gasteiger partial charge on any atom is -0.463 e. The predicted octanol–water partition coefficient (Wildman–Crippen LogP) is 1.39. The minimum absolute atomic E-state index is 0.0262. The van der Waals surface area contributed by atoms with Gasteiger partial charge in [-0.15, -0.1) is 0 Å². The number of aliphatic hydroxyl groups excluding tert-OH is 1. The number of hydrogen-bond donors (Lipinski definition) is 1. The van der Waals surface area contributed by atoms with Gasteiger partial charge in [0, 0.05) is 11.8 Å².